The van der Waals surface area contributed by atoms with Gasteiger partial charge in [-0.15, -0.1) is 24.8 Å². The molecule has 8 heteroatoms. The van der Waals surface area contributed by atoms with Gasteiger partial charge in [-0.1, -0.05) is 60.7 Å². The molecule has 1 aliphatic rings. The second-order valence-corrected chi connectivity index (χ2v) is 8.92. The Morgan fingerprint density at radius 1 is 0.970 bits per heavy atom. The van der Waals surface area contributed by atoms with Gasteiger partial charge in [0.05, 0.1) is 6.04 Å². The van der Waals surface area contributed by atoms with E-state index in [1.807, 2.05) is 57.2 Å². The first kappa shape index (κ1) is 28.8. The minimum absolute atomic E-state index is 0. The van der Waals surface area contributed by atoms with Crippen LogP contribution in [-0.2, 0) is 9.53 Å². The Kier molecular flexibility index (Phi) is 11.2. The average molecular weight is 496 g/mol. The number of hydrogen-bond donors (Lipinski definition) is 1. The Hall–Kier alpha value is -2.28. The minimum atomic E-state index is -0.554. The van der Waals surface area contributed by atoms with Gasteiger partial charge in [-0.2, -0.15) is 0 Å². The van der Waals surface area contributed by atoms with Crippen molar-refractivity contribution in [2.75, 3.05) is 26.7 Å². The molecule has 0 unspecified atom stereocenters. The van der Waals surface area contributed by atoms with Crippen LogP contribution in [0.2, 0.25) is 0 Å². The van der Waals surface area contributed by atoms with Crippen molar-refractivity contribution in [3.63, 3.8) is 0 Å². The molecule has 2 aromatic rings. The van der Waals surface area contributed by atoms with Gasteiger partial charge >= 0.3 is 6.09 Å². The maximum absolute atomic E-state index is 12.7. The SMILES string of the molecule is CNC(=O)C[C@H]1CN(C(=O)OC(C)(C)C)CCN1C(c1ccccc1)c1ccccc1.Cl.Cl. The molecule has 182 valence electrons. The number of piperazine rings is 1. The van der Waals surface area contributed by atoms with Crippen LogP contribution in [0.1, 0.15) is 44.4 Å². The molecule has 0 aromatic heterocycles. The molecule has 1 saturated heterocycles. The molecule has 0 aliphatic carbocycles. The molecule has 1 heterocycles. The topological polar surface area (TPSA) is 61.9 Å². The summed E-state index contributed by atoms with van der Waals surface area (Å²) in [6, 6.07) is 20.5. The third-order valence-corrected chi connectivity index (χ3v) is 5.44. The van der Waals surface area contributed by atoms with Gasteiger partial charge in [0.15, 0.2) is 0 Å². The van der Waals surface area contributed by atoms with Crippen molar-refractivity contribution in [2.24, 2.45) is 0 Å². The van der Waals surface area contributed by atoms with Crippen molar-refractivity contribution in [3.8, 4) is 0 Å². The van der Waals surface area contributed by atoms with Gasteiger partial charge in [-0.25, -0.2) is 4.79 Å². The van der Waals surface area contributed by atoms with Crippen molar-refractivity contribution in [2.45, 2.75) is 44.9 Å². The molecular weight excluding hydrogens is 461 g/mol. The number of nitrogens with one attached hydrogen (secondary N) is 1. The Balaban J connectivity index is 0.00000272. The summed E-state index contributed by atoms with van der Waals surface area (Å²) in [4.78, 5) is 29.1. The second-order valence-electron chi connectivity index (χ2n) is 8.92. The van der Waals surface area contributed by atoms with Gasteiger partial charge in [0, 0.05) is 39.1 Å². The van der Waals surface area contributed by atoms with Gasteiger partial charge in [0.25, 0.3) is 0 Å². The number of carbonyl (C=O) groups is 2. The molecule has 2 aromatic carbocycles. The number of ether oxygens (including phenoxy) is 1. The highest BCUT2D eigenvalue weighted by molar-refractivity contribution is 5.85. The molecule has 33 heavy (non-hydrogen) atoms. The van der Waals surface area contributed by atoms with E-state index in [1.54, 1.807) is 11.9 Å². The molecule has 6 nitrogen and oxygen atoms in total. The van der Waals surface area contributed by atoms with E-state index in [1.165, 1.54) is 11.1 Å². The number of halogens is 2. The van der Waals surface area contributed by atoms with E-state index in [0.29, 0.717) is 26.1 Å². The van der Waals surface area contributed by atoms with Crippen molar-refractivity contribution in [3.05, 3.63) is 71.8 Å². The van der Waals surface area contributed by atoms with E-state index in [4.69, 9.17) is 4.74 Å². The Morgan fingerprint density at radius 2 is 1.48 bits per heavy atom. The Morgan fingerprint density at radius 3 is 1.94 bits per heavy atom. The summed E-state index contributed by atoms with van der Waals surface area (Å²) in [5, 5.41) is 2.73. The van der Waals surface area contributed by atoms with Gasteiger partial charge < -0.3 is 15.0 Å². The summed E-state index contributed by atoms with van der Waals surface area (Å²) >= 11 is 0. The molecule has 0 bridgehead atoms. The minimum Gasteiger partial charge on any atom is -0.444 e. The van der Waals surface area contributed by atoms with E-state index in [2.05, 4.69) is 34.5 Å². The van der Waals surface area contributed by atoms with E-state index < -0.39 is 5.60 Å². The van der Waals surface area contributed by atoms with Crippen LogP contribution in [0.15, 0.2) is 60.7 Å². The van der Waals surface area contributed by atoms with Crippen molar-refractivity contribution in [1.29, 1.82) is 0 Å². The van der Waals surface area contributed by atoms with Crippen molar-refractivity contribution < 1.29 is 14.3 Å². The van der Waals surface area contributed by atoms with Gasteiger partial charge in [0.2, 0.25) is 5.91 Å². The lowest BCUT2D eigenvalue weighted by Gasteiger charge is -2.45. The summed E-state index contributed by atoms with van der Waals surface area (Å²) < 4.78 is 5.59. The lowest BCUT2D eigenvalue weighted by Crippen LogP contribution is -2.57. The normalized spacial score (nSPS) is 16.4. The number of amides is 2. The lowest BCUT2D eigenvalue weighted by molar-refractivity contribution is -0.122. The fourth-order valence-electron chi connectivity index (χ4n) is 4.05. The van der Waals surface area contributed by atoms with Gasteiger partial charge in [-0.3, -0.25) is 9.69 Å². The van der Waals surface area contributed by atoms with Crippen LogP contribution in [0.25, 0.3) is 0 Å². The summed E-state index contributed by atoms with van der Waals surface area (Å²) in [6.07, 6.45) is -0.0172. The maximum atomic E-state index is 12.7. The highest BCUT2D eigenvalue weighted by Crippen LogP contribution is 2.33. The summed E-state index contributed by atoms with van der Waals surface area (Å²) in [5.74, 6) is -0.0408. The predicted octanol–water partition coefficient (Wildman–Crippen LogP) is 4.68. The number of benzene rings is 2. The molecule has 1 N–H and O–H groups in total. The molecule has 1 atom stereocenters. The Bertz CT molecular complexity index is 836. The zero-order valence-electron chi connectivity index (χ0n) is 19.7. The molecule has 3 rings (SSSR count). The van der Waals surface area contributed by atoms with E-state index in [0.717, 1.165) is 0 Å². The first-order chi connectivity index (χ1) is 14.8. The van der Waals surface area contributed by atoms with Crippen LogP contribution in [-0.4, -0.2) is 60.1 Å². The molecule has 1 fully saturated rings. The molecular formula is C25H35Cl2N3O3. The smallest absolute Gasteiger partial charge is 0.410 e. The largest absolute Gasteiger partial charge is 0.444 e. The molecule has 0 radical (unpaired) electrons. The van der Waals surface area contributed by atoms with Crippen molar-refractivity contribution in [1.82, 2.24) is 15.1 Å². The van der Waals surface area contributed by atoms with E-state index in [9.17, 15) is 9.59 Å². The van der Waals surface area contributed by atoms with Gasteiger partial charge in [0.1, 0.15) is 5.60 Å². The van der Waals surface area contributed by atoms with Crippen LogP contribution >= 0.6 is 24.8 Å². The average Bonchev–Trinajstić information content (AvgIpc) is 2.75. The fraction of sp³-hybridized carbons (Fsp3) is 0.440. The summed E-state index contributed by atoms with van der Waals surface area (Å²) in [7, 11) is 1.65. The zero-order valence-corrected chi connectivity index (χ0v) is 21.3. The van der Waals surface area contributed by atoms with Crippen LogP contribution in [0.3, 0.4) is 0 Å². The molecule has 0 spiro atoms. The molecule has 2 amide bonds. The maximum Gasteiger partial charge on any atom is 0.410 e. The number of hydrogen-bond acceptors (Lipinski definition) is 4. The molecule has 0 saturated carbocycles. The van der Waals surface area contributed by atoms with Crippen LogP contribution in [0.5, 0.6) is 0 Å². The Labute approximate surface area is 209 Å². The number of rotatable bonds is 5. The lowest BCUT2D eigenvalue weighted by atomic mass is 9.93. The number of carbonyl (C=O) groups excluding carboxylic acids is 2. The number of nitrogens with zero attached hydrogens (tertiary/aromatic N) is 2. The first-order valence-corrected chi connectivity index (χ1v) is 10.8. The fourth-order valence-corrected chi connectivity index (χ4v) is 4.05. The second kappa shape index (κ2) is 12.8. The van der Waals surface area contributed by atoms with Crippen molar-refractivity contribution >= 4 is 36.8 Å². The standard InChI is InChI=1S/C25H33N3O3.2ClH/c1-25(2,3)31-24(30)27-15-16-28(21(18-27)17-22(29)26-4)23(19-11-7-5-8-12-19)20-13-9-6-10-14-20;;/h5-14,21,23H,15-18H2,1-4H3,(H,26,29);2*1H/t21-;;/m0../s1. The summed E-state index contributed by atoms with van der Waals surface area (Å²) in [5.41, 5.74) is 1.78. The highest BCUT2D eigenvalue weighted by atomic mass is 35.5. The zero-order chi connectivity index (χ0) is 22.4. The first-order valence-electron chi connectivity index (χ1n) is 10.8. The van der Waals surface area contributed by atoms with Gasteiger partial charge in [-0.05, 0) is 31.9 Å². The quantitative estimate of drug-likeness (QED) is 0.653. The van der Waals surface area contributed by atoms with Crippen LogP contribution < -0.4 is 5.32 Å². The van der Waals surface area contributed by atoms with E-state index in [-0.39, 0.29) is 48.9 Å². The van der Waals surface area contributed by atoms with Crippen LogP contribution in [0.4, 0.5) is 4.79 Å². The predicted molar refractivity (Wildman–Crippen MR) is 136 cm³/mol. The third-order valence-electron chi connectivity index (χ3n) is 5.44. The third kappa shape index (κ3) is 7.91. The van der Waals surface area contributed by atoms with Crippen LogP contribution in [0, 0.1) is 0 Å². The summed E-state index contributed by atoms with van der Waals surface area (Å²) in [6.45, 7) is 7.24. The highest BCUT2D eigenvalue weighted by Gasteiger charge is 2.37. The molecule has 1 aliphatic heterocycles. The monoisotopic (exact) mass is 495 g/mol. The van der Waals surface area contributed by atoms with E-state index >= 15 is 0 Å².